The third-order valence-corrected chi connectivity index (χ3v) is 11.7. The van der Waals surface area contributed by atoms with Gasteiger partial charge in [0.1, 0.15) is 0 Å². The topological polar surface area (TPSA) is 99.7 Å². The summed E-state index contributed by atoms with van der Waals surface area (Å²) < 4.78 is 5.67. The minimum Gasteiger partial charge on any atom is -0.481 e. The van der Waals surface area contributed by atoms with Gasteiger partial charge in [-0.05, 0) is 67.0 Å². The number of carbonyl (C=O) groups is 2. The van der Waals surface area contributed by atoms with E-state index in [1.807, 2.05) is 47.4 Å². The van der Waals surface area contributed by atoms with Crippen LogP contribution in [0.15, 0.2) is 54.7 Å². The molecule has 52 heavy (non-hydrogen) atoms. The van der Waals surface area contributed by atoms with Crippen LogP contribution in [0.1, 0.15) is 49.3 Å². The number of rotatable bonds is 10. The van der Waals surface area contributed by atoms with Gasteiger partial charge in [0.05, 0.1) is 28.5 Å². The number of hydrogen-bond acceptors (Lipinski definition) is 7. The van der Waals surface area contributed by atoms with Crippen LogP contribution in [-0.2, 0) is 29.1 Å². The van der Waals surface area contributed by atoms with E-state index in [0.717, 1.165) is 96.8 Å². The molecule has 3 aliphatic heterocycles. The normalized spacial score (nSPS) is 18.0. The lowest BCUT2D eigenvalue weighted by atomic mass is 9.92. The molecule has 1 atom stereocenters. The maximum absolute atomic E-state index is 11.7. The SMILES string of the molecule is COc1nc(-c2cccc(-c3ccnc(-c4cc(Cl)c5c(c4)CCN(CC4CCN(C(C)=O)CC4)C5)c3Cl)c2Cl)ccc1CNC[C@@H]1CCC(=O)N1. The second-order valence-corrected chi connectivity index (χ2v) is 15.2. The average Bonchev–Trinajstić information content (AvgIpc) is 3.57. The quantitative estimate of drug-likeness (QED) is 0.174. The fourth-order valence-electron chi connectivity index (χ4n) is 7.70. The van der Waals surface area contributed by atoms with E-state index in [1.165, 1.54) is 5.56 Å². The fraction of sp³-hybridized carbons (Fsp3) is 0.400. The molecular formula is C40H43Cl3N6O3. The highest BCUT2D eigenvalue weighted by Crippen LogP contribution is 2.43. The van der Waals surface area contributed by atoms with Gasteiger partial charge < -0.3 is 20.3 Å². The molecule has 2 aromatic carbocycles. The van der Waals surface area contributed by atoms with Crippen molar-refractivity contribution in [3.8, 4) is 39.5 Å². The van der Waals surface area contributed by atoms with Crippen LogP contribution in [0.4, 0.5) is 0 Å². The second kappa shape index (κ2) is 16.1. The van der Waals surface area contributed by atoms with Crippen LogP contribution < -0.4 is 15.4 Å². The lowest BCUT2D eigenvalue weighted by Crippen LogP contribution is -2.41. The van der Waals surface area contributed by atoms with Crippen molar-refractivity contribution in [3.05, 3.63) is 86.5 Å². The van der Waals surface area contributed by atoms with E-state index < -0.39 is 0 Å². The smallest absolute Gasteiger partial charge is 0.220 e. The monoisotopic (exact) mass is 760 g/mol. The summed E-state index contributed by atoms with van der Waals surface area (Å²) in [5.41, 5.74) is 7.78. The number of amides is 2. The summed E-state index contributed by atoms with van der Waals surface area (Å²) in [5.74, 6) is 1.37. The molecule has 0 radical (unpaired) electrons. The minimum absolute atomic E-state index is 0.102. The number of benzene rings is 2. The Bertz CT molecular complexity index is 1980. The van der Waals surface area contributed by atoms with Crippen molar-refractivity contribution in [2.75, 3.05) is 39.8 Å². The molecule has 0 unspecified atom stereocenters. The number of nitrogens with one attached hydrogen (secondary N) is 2. The Kier molecular flexibility index (Phi) is 11.3. The van der Waals surface area contributed by atoms with Gasteiger partial charge in [0, 0.05) is 104 Å². The van der Waals surface area contributed by atoms with Crippen molar-refractivity contribution in [3.63, 3.8) is 0 Å². The highest BCUT2D eigenvalue weighted by Gasteiger charge is 2.27. The summed E-state index contributed by atoms with van der Waals surface area (Å²) in [6.07, 6.45) is 6.15. The number of methoxy groups -OCH3 is 1. The molecule has 4 aromatic rings. The summed E-state index contributed by atoms with van der Waals surface area (Å²) in [7, 11) is 1.61. The summed E-state index contributed by atoms with van der Waals surface area (Å²) in [6, 6.07) is 15.9. The standard InChI is InChI=1S/C40H43Cl3N6O3/c1-24(50)49-16-11-25(12-17-49)22-48-15-13-26-18-28(19-34(41)33(26)23-48)39-38(43)31(10-14-45-39)30-4-3-5-32(37(30)42)35-8-6-27(40(47-35)52-2)20-44-21-29-7-9-36(51)46-29/h3-6,8,10,14,18-19,25,29,44H,7,9,11-13,15-17,20-23H2,1-2H3,(H,46,51)/t29-/m0/s1. The van der Waals surface area contributed by atoms with E-state index in [2.05, 4.69) is 21.6 Å². The first-order valence-corrected chi connectivity index (χ1v) is 19.1. The molecule has 0 bridgehead atoms. The number of fused-ring (bicyclic) bond motifs is 1. The molecule has 3 aliphatic rings. The van der Waals surface area contributed by atoms with E-state index in [0.29, 0.717) is 52.7 Å². The molecule has 0 spiro atoms. The Hall–Kier alpha value is -3.73. The highest BCUT2D eigenvalue weighted by atomic mass is 35.5. The lowest BCUT2D eigenvalue weighted by molar-refractivity contribution is -0.130. The molecule has 2 amide bonds. The van der Waals surface area contributed by atoms with Crippen molar-refractivity contribution in [2.24, 2.45) is 5.92 Å². The Morgan fingerprint density at radius 1 is 0.981 bits per heavy atom. The van der Waals surface area contributed by atoms with E-state index in [4.69, 9.17) is 49.5 Å². The largest absolute Gasteiger partial charge is 0.481 e. The number of piperidine rings is 1. The van der Waals surface area contributed by atoms with Gasteiger partial charge >= 0.3 is 0 Å². The van der Waals surface area contributed by atoms with Crippen LogP contribution in [0.25, 0.3) is 33.6 Å². The number of likely N-dealkylation sites (tertiary alicyclic amines) is 1. The molecule has 9 nitrogen and oxygen atoms in total. The first-order chi connectivity index (χ1) is 25.2. The van der Waals surface area contributed by atoms with Crippen LogP contribution in [0, 0.1) is 5.92 Å². The fourth-order valence-corrected chi connectivity index (χ4v) is 8.64. The predicted octanol–water partition coefficient (Wildman–Crippen LogP) is 7.43. The summed E-state index contributed by atoms with van der Waals surface area (Å²) in [4.78, 5) is 37.2. The second-order valence-electron chi connectivity index (χ2n) is 14.0. The molecule has 2 fully saturated rings. The summed E-state index contributed by atoms with van der Waals surface area (Å²) >= 11 is 21.3. The summed E-state index contributed by atoms with van der Waals surface area (Å²) in [5, 5.41) is 8.12. The third-order valence-electron chi connectivity index (χ3n) is 10.6. The molecule has 2 N–H and O–H groups in total. The number of nitrogens with zero attached hydrogens (tertiary/aromatic N) is 4. The van der Waals surface area contributed by atoms with Crippen LogP contribution in [0.3, 0.4) is 0 Å². The van der Waals surface area contributed by atoms with Crippen molar-refractivity contribution >= 4 is 46.6 Å². The van der Waals surface area contributed by atoms with Gasteiger partial charge in [0.15, 0.2) is 0 Å². The van der Waals surface area contributed by atoms with E-state index in [-0.39, 0.29) is 17.9 Å². The molecule has 272 valence electrons. The molecule has 2 saturated heterocycles. The number of pyridine rings is 2. The zero-order chi connectivity index (χ0) is 36.4. The van der Waals surface area contributed by atoms with E-state index in [1.54, 1.807) is 20.2 Å². The number of aromatic nitrogens is 2. The van der Waals surface area contributed by atoms with Crippen molar-refractivity contribution in [2.45, 2.75) is 58.2 Å². The Balaban J connectivity index is 1.08. The van der Waals surface area contributed by atoms with Crippen molar-refractivity contribution in [1.29, 1.82) is 0 Å². The zero-order valence-electron chi connectivity index (χ0n) is 29.5. The number of carbonyl (C=O) groups excluding carboxylic acids is 2. The Morgan fingerprint density at radius 2 is 1.77 bits per heavy atom. The van der Waals surface area contributed by atoms with Crippen LogP contribution in [0.5, 0.6) is 5.88 Å². The van der Waals surface area contributed by atoms with Gasteiger partial charge in [-0.15, -0.1) is 0 Å². The van der Waals surface area contributed by atoms with Crippen molar-refractivity contribution < 1.29 is 14.3 Å². The Morgan fingerprint density at radius 3 is 2.52 bits per heavy atom. The van der Waals surface area contributed by atoms with E-state index in [9.17, 15) is 9.59 Å². The molecule has 2 aromatic heterocycles. The average molecular weight is 762 g/mol. The molecule has 0 saturated carbocycles. The van der Waals surface area contributed by atoms with Gasteiger partial charge in [0.25, 0.3) is 0 Å². The van der Waals surface area contributed by atoms with Gasteiger partial charge in [-0.1, -0.05) is 59.1 Å². The van der Waals surface area contributed by atoms with E-state index >= 15 is 0 Å². The van der Waals surface area contributed by atoms with Gasteiger partial charge in [-0.2, -0.15) is 0 Å². The number of ether oxygens (including phenoxy) is 1. The van der Waals surface area contributed by atoms with Gasteiger partial charge in [-0.3, -0.25) is 19.5 Å². The molecular weight excluding hydrogens is 719 g/mol. The first-order valence-electron chi connectivity index (χ1n) is 18.0. The molecule has 7 rings (SSSR count). The Labute approximate surface area is 320 Å². The van der Waals surface area contributed by atoms with Crippen LogP contribution in [-0.4, -0.2) is 77.5 Å². The third kappa shape index (κ3) is 7.94. The number of hydrogen-bond donors (Lipinski definition) is 2. The van der Waals surface area contributed by atoms with Crippen molar-refractivity contribution in [1.82, 2.24) is 30.4 Å². The minimum atomic E-state index is 0.102. The molecule has 5 heterocycles. The molecule has 0 aliphatic carbocycles. The predicted molar refractivity (Wildman–Crippen MR) is 207 cm³/mol. The highest BCUT2D eigenvalue weighted by molar-refractivity contribution is 6.39. The summed E-state index contributed by atoms with van der Waals surface area (Å²) in [6.45, 7) is 7.37. The maximum atomic E-state index is 11.7. The zero-order valence-corrected chi connectivity index (χ0v) is 31.8. The van der Waals surface area contributed by atoms with Crippen LogP contribution >= 0.6 is 34.8 Å². The lowest BCUT2D eigenvalue weighted by Gasteiger charge is -2.36. The van der Waals surface area contributed by atoms with Gasteiger partial charge in [0.2, 0.25) is 17.7 Å². The first kappa shape index (κ1) is 36.6. The molecule has 12 heteroatoms. The van der Waals surface area contributed by atoms with Gasteiger partial charge in [-0.25, -0.2) is 4.98 Å². The maximum Gasteiger partial charge on any atom is 0.220 e. The number of halogens is 3. The van der Waals surface area contributed by atoms with Crippen LogP contribution in [0.2, 0.25) is 15.1 Å².